The molecule has 0 bridgehead atoms. The summed E-state index contributed by atoms with van der Waals surface area (Å²) in [6.45, 7) is 2.25. The van der Waals surface area contributed by atoms with Crippen molar-refractivity contribution in [3.63, 3.8) is 0 Å². The van der Waals surface area contributed by atoms with Crippen LogP contribution >= 0.6 is 22.9 Å². The lowest BCUT2D eigenvalue weighted by atomic mass is 9.98. The highest BCUT2D eigenvalue weighted by molar-refractivity contribution is 7.22. The summed E-state index contributed by atoms with van der Waals surface area (Å²) in [7, 11) is 0. The molecule has 3 nitrogen and oxygen atoms in total. The number of hydrogen-bond acceptors (Lipinski definition) is 4. The van der Waals surface area contributed by atoms with Crippen LogP contribution < -0.4 is 4.90 Å². The molecular weight excluding hydrogens is 268 g/mol. The summed E-state index contributed by atoms with van der Waals surface area (Å²) >= 11 is 7.84. The van der Waals surface area contributed by atoms with Gasteiger partial charge in [0.05, 0.1) is 9.72 Å². The van der Waals surface area contributed by atoms with Crippen molar-refractivity contribution < 1.29 is 5.11 Å². The number of hydrogen-bond donors (Lipinski definition) is 1. The number of para-hydroxylation sites is 1. The highest BCUT2D eigenvalue weighted by Crippen LogP contribution is 2.34. The third-order valence-electron chi connectivity index (χ3n) is 3.50. The van der Waals surface area contributed by atoms with Crippen molar-refractivity contribution in [2.45, 2.75) is 12.8 Å². The number of benzene rings is 1. The molecule has 1 aromatic heterocycles. The van der Waals surface area contributed by atoms with Crippen molar-refractivity contribution in [2.24, 2.45) is 5.92 Å². The molecule has 0 aliphatic carbocycles. The normalized spacial score (nSPS) is 17.6. The number of halogens is 1. The van der Waals surface area contributed by atoms with Gasteiger partial charge in [-0.2, -0.15) is 0 Å². The highest BCUT2D eigenvalue weighted by Gasteiger charge is 2.21. The number of piperidine rings is 1. The van der Waals surface area contributed by atoms with E-state index >= 15 is 0 Å². The first-order valence-corrected chi connectivity index (χ1v) is 7.38. The van der Waals surface area contributed by atoms with Crippen molar-refractivity contribution >= 4 is 38.3 Å². The molecule has 2 aromatic rings. The van der Waals surface area contributed by atoms with Crippen LogP contribution in [0.3, 0.4) is 0 Å². The molecule has 0 spiro atoms. The van der Waals surface area contributed by atoms with E-state index in [9.17, 15) is 0 Å². The van der Waals surface area contributed by atoms with Crippen molar-refractivity contribution in [1.82, 2.24) is 4.98 Å². The van der Waals surface area contributed by atoms with Crippen LogP contribution in [0.4, 0.5) is 5.13 Å². The third kappa shape index (κ3) is 2.20. The molecule has 1 N–H and O–H groups in total. The summed E-state index contributed by atoms with van der Waals surface area (Å²) in [5, 5.41) is 10.9. The van der Waals surface area contributed by atoms with E-state index in [2.05, 4.69) is 16.0 Å². The minimum atomic E-state index is 0.305. The van der Waals surface area contributed by atoms with Crippen LogP contribution in [-0.4, -0.2) is 29.8 Å². The maximum atomic E-state index is 9.15. The van der Waals surface area contributed by atoms with E-state index in [1.54, 1.807) is 11.3 Å². The molecule has 3 rings (SSSR count). The monoisotopic (exact) mass is 282 g/mol. The Hall–Kier alpha value is -0.840. The Morgan fingerprint density at radius 1 is 1.39 bits per heavy atom. The number of fused-ring (bicyclic) bond motifs is 1. The Kier molecular flexibility index (Phi) is 3.41. The van der Waals surface area contributed by atoms with Crippen LogP contribution in [0, 0.1) is 5.92 Å². The first-order valence-electron chi connectivity index (χ1n) is 6.19. The molecule has 0 amide bonds. The number of anilines is 1. The Morgan fingerprint density at radius 2 is 2.17 bits per heavy atom. The van der Waals surface area contributed by atoms with Gasteiger partial charge in [-0.05, 0) is 30.9 Å². The Morgan fingerprint density at radius 3 is 2.83 bits per heavy atom. The third-order valence-corrected chi connectivity index (χ3v) is 4.89. The van der Waals surface area contributed by atoms with E-state index in [0.29, 0.717) is 12.5 Å². The van der Waals surface area contributed by atoms with E-state index < -0.39 is 0 Å². The van der Waals surface area contributed by atoms with Gasteiger partial charge in [0, 0.05) is 19.7 Å². The molecule has 1 aromatic carbocycles. The number of nitrogens with zero attached hydrogens (tertiary/aromatic N) is 2. The Balaban J connectivity index is 1.85. The van der Waals surface area contributed by atoms with Gasteiger partial charge < -0.3 is 10.0 Å². The highest BCUT2D eigenvalue weighted by atomic mass is 35.5. The van der Waals surface area contributed by atoms with Crippen LogP contribution in [-0.2, 0) is 0 Å². The van der Waals surface area contributed by atoms with Crippen molar-refractivity contribution in [3.05, 3.63) is 23.2 Å². The van der Waals surface area contributed by atoms with Crippen LogP contribution in [0.25, 0.3) is 10.2 Å². The molecule has 5 heteroatoms. The van der Waals surface area contributed by atoms with E-state index in [0.717, 1.165) is 46.3 Å². The largest absolute Gasteiger partial charge is 0.396 e. The summed E-state index contributed by atoms with van der Waals surface area (Å²) in [4.78, 5) is 6.94. The lowest BCUT2D eigenvalue weighted by Gasteiger charge is -2.30. The molecule has 1 aliphatic heterocycles. The SMILES string of the molecule is OCC1CCN(c2nc3c(Cl)cccc3s2)CC1. The summed E-state index contributed by atoms with van der Waals surface area (Å²) in [6.07, 6.45) is 2.08. The van der Waals surface area contributed by atoms with E-state index in [1.165, 1.54) is 0 Å². The fourth-order valence-electron chi connectivity index (χ4n) is 2.35. The van der Waals surface area contributed by atoms with E-state index in [1.807, 2.05) is 12.1 Å². The lowest BCUT2D eigenvalue weighted by Crippen LogP contribution is -2.34. The van der Waals surface area contributed by atoms with Gasteiger partial charge in [-0.25, -0.2) is 4.98 Å². The Labute approximate surface area is 115 Å². The molecule has 1 saturated heterocycles. The second kappa shape index (κ2) is 5.03. The summed E-state index contributed by atoms with van der Waals surface area (Å²) in [6, 6.07) is 5.90. The summed E-state index contributed by atoms with van der Waals surface area (Å²) in [5.74, 6) is 0.458. The van der Waals surface area contributed by atoms with Crippen molar-refractivity contribution in [1.29, 1.82) is 0 Å². The molecule has 96 valence electrons. The molecule has 1 aliphatic rings. The lowest BCUT2D eigenvalue weighted by molar-refractivity contribution is 0.203. The number of aliphatic hydroxyl groups is 1. The van der Waals surface area contributed by atoms with Gasteiger partial charge in [-0.1, -0.05) is 29.0 Å². The summed E-state index contributed by atoms with van der Waals surface area (Å²) < 4.78 is 1.14. The maximum absolute atomic E-state index is 9.15. The van der Waals surface area contributed by atoms with Crippen LogP contribution in [0.2, 0.25) is 5.02 Å². The molecule has 1 fully saturated rings. The zero-order chi connectivity index (χ0) is 12.5. The van der Waals surface area contributed by atoms with Crippen LogP contribution in [0.5, 0.6) is 0 Å². The van der Waals surface area contributed by atoms with Crippen LogP contribution in [0.15, 0.2) is 18.2 Å². The molecule has 0 saturated carbocycles. The Bertz CT molecular complexity index is 549. The minimum absolute atomic E-state index is 0.305. The van der Waals surface area contributed by atoms with E-state index in [4.69, 9.17) is 16.7 Å². The maximum Gasteiger partial charge on any atom is 0.186 e. The molecule has 2 heterocycles. The summed E-state index contributed by atoms with van der Waals surface area (Å²) in [5.41, 5.74) is 0.906. The molecule has 0 unspecified atom stereocenters. The van der Waals surface area contributed by atoms with Gasteiger partial charge in [0.15, 0.2) is 5.13 Å². The topological polar surface area (TPSA) is 36.4 Å². The predicted octanol–water partition coefficient (Wildman–Crippen LogP) is 3.16. The van der Waals surface area contributed by atoms with Crippen LogP contribution in [0.1, 0.15) is 12.8 Å². The van der Waals surface area contributed by atoms with E-state index in [-0.39, 0.29) is 0 Å². The first kappa shape index (κ1) is 12.2. The standard InChI is InChI=1S/C13H15ClN2OS/c14-10-2-1-3-11-12(10)15-13(18-11)16-6-4-9(8-17)5-7-16/h1-3,9,17H,4-8H2. The van der Waals surface area contributed by atoms with Gasteiger partial charge in [-0.3, -0.25) is 0 Å². The number of thiazole rings is 1. The van der Waals surface area contributed by atoms with Gasteiger partial charge in [0.25, 0.3) is 0 Å². The molecule has 18 heavy (non-hydrogen) atoms. The molecular formula is C13H15ClN2OS. The fourth-order valence-corrected chi connectivity index (χ4v) is 3.66. The zero-order valence-corrected chi connectivity index (χ0v) is 11.5. The van der Waals surface area contributed by atoms with Gasteiger partial charge in [-0.15, -0.1) is 0 Å². The number of rotatable bonds is 2. The smallest absolute Gasteiger partial charge is 0.186 e. The number of aromatic nitrogens is 1. The van der Waals surface area contributed by atoms with Gasteiger partial charge in [0.2, 0.25) is 0 Å². The first-order chi connectivity index (χ1) is 8.78. The van der Waals surface area contributed by atoms with Crippen molar-refractivity contribution in [2.75, 3.05) is 24.6 Å². The van der Waals surface area contributed by atoms with Gasteiger partial charge in [0.1, 0.15) is 5.52 Å². The second-order valence-electron chi connectivity index (χ2n) is 4.70. The molecule has 0 atom stereocenters. The second-order valence-corrected chi connectivity index (χ2v) is 6.11. The van der Waals surface area contributed by atoms with Crippen molar-refractivity contribution in [3.8, 4) is 0 Å². The average molecular weight is 283 g/mol. The molecule has 0 radical (unpaired) electrons. The predicted molar refractivity (Wildman–Crippen MR) is 76.7 cm³/mol. The fraction of sp³-hybridized carbons (Fsp3) is 0.462. The average Bonchev–Trinajstić information content (AvgIpc) is 2.84. The number of aliphatic hydroxyl groups excluding tert-OH is 1. The van der Waals surface area contributed by atoms with Gasteiger partial charge >= 0.3 is 0 Å². The quantitative estimate of drug-likeness (QED) is 0.919. The minimum Gasteiger partial charge on any atom is -0.396 e. The zero-order valence-electron chi connectivity index (χ0n) is 9.97.